The molecular weight excluding hydrogens is 461 g/mol. The summed E-state index contributed by atoms with van der Waals surface area (Å²) in [5.41, 5.74) is 3.95. The van der Waals surface area contributed by atoms with E-state index in [4.69, 9.17) is 0 Å². The van der Waals surface area contributed by atoms with E-state index >= 15 is 0 Å². The number of piperazine rings is 1. The molecule has 1 atom stereocenters. The van der Waals surface area contributed by atoms with Crippen molar-refractivity contribution in [2.45, 2.75) is 25.8 Å². The number of benzene rings is 2. The highest BCUT2D eigenvalue weighted by atomic mass is 32.1. The fourth-order valence-electron chi connectivity index (χ4n) is 5.10. The van der Waals surface area contributed by atoms with Crippen molar-refractivity contribution in [2.24, 2.45) is 0 Å². The molecule has 0 aliphatic carbocycles. The number of aryl methyl sites for hydroxylation is 1. The van der Waals surface area contributed by atoms with Gasteiger partial charge < -0.3 is 9.80 Å². The standard InChI is InChI=1S/C28H30FN3O2S/c1-2-20-6-8-21(9-7-20)28(34)31-15-13-30(14-16-31)26(33)19-32-12-10-25-24(11-17-35-25)27(32)22-4-3-5-23(29)18-22/h3-9,11,17-18,27H,2,10,12-16,19H2,1H3. The summed E-state index contributed by atoms with van der Waals surface area (Å²) in [4.78, 5) is 33.3. The third-order valence-corrected chi connectivity index (χ3v) is 8.09. The zero-order valence-electron chi connectivity index (χ0n) is 20.0. The van der Waals surface area contributed by atoms with Crippen molar-refractivity contribution in [3.05, 3.63) is 92.9 Å². The molecule has 2 aliphatic rings. The predicted octanol–water partition coefficient (Wildman–Crippen LogP) is 4.38. The molecule has 3 heterocycles. The van der Waals surface area contributed by atoms with Gasteiger partial charge in [0, 0.05) is 43.2 Å². The lowest BCUT2D eigenvalue weighted by molar-refractivity contribution is -0.134. The summed E-state index contributed by atoms with van der Waals surface area (Å²) in [5.74, 6) is -0.183. The number of carbonyl (C=O) groups excluding carboxylic acids is 2. The Morgan fingerprint density at radius 2 is 1.71 bits per heavy atom. The van der Waals surface area contributed by atoms with Gasteiger partial charge in [0.15, 0.2) is 0 Å². The van der Waals surface area contributed by atoms with E-state index in [1.165, 1.54) is 22.1 Å². The maximum absolute atomic E-state index is 14.0. The van der Waals surface area contributed by atoms with Gasteiger partial charge in [-0.3, -0.25) is 14.5 Å². The van der Waals surface area contributed by atoms with Crippen LogP contribution in [0.25, 0.3) is 0 Å². The van der Waals surface area contributed by atoms with Gasteiger partial charge in [-0.25, -0.2) is 4.39 Å². The molecule has 5 rings (SSSR count). The van der Waals surface area contributed by atoms with Gasteiger partial charge in [-0.1, -0.05) is 31.2 Å². The minimum atomic E-state index is -0.263. The van der Waals surface area contributed by atoms with Crippen LogP contribution in [0.1, 0.15) is 44.9 Å². The molecule has 1 aromatic heterocycles. The first-order chi connectivity index (χ1) is 17.0. The average Bonchev–Trinajstić information content (AvgIpc) is 3.37. The van der Waals surface area contributed by atoms with Crippen molar-refractivity contribution >= 4 is 23.2 Å². The third-order valence-electron chi connectivity index (χ3n) is 7.10. The van der Waals surface area contributed by atoms with E-state index in [9.17, 15) is 14.0 Å². The molecule has 1 fully saturated rings. The first kappa shape index (κ1) is 23.7. The molecule has 2 amide bonds. The van der Waals surface area contributed by atoms with Gasteiger partial charge in [0.1, 0.15) is 5.82 Å². The second-order valence-electron chi connectivity index (χ2n) is 9.20. The van der Waals surface area contributed by atoms with Crippen LogP contribution >= 0.6 is 11.3 Å². The van der Waals surface area contributed by atoms with Crippen molar-refractivity contribution < 1.29 is 14.0 Å². The Morgan fingerprint density at radius 3 is 2.43 bits per heavy atom. The SMILES string of the molecule is CCc1ccc(C(=O)N2CCN(C(=O)CN3CCc4sccc4C3c3cccc(F)c3)CC2)cc1. The van der Waals surface area contributed by atoms with Gasteiger partial charge >= 0.3 is 0 Å². The van der Waals surface area contributed by atoms with Crippen LogP contribution in [-0.2, 0) is 17.6 Å². The number of amides is 2. The Bertz CT molecular complexity index is 1200. The molecule has 182 valence electrons. The number of fused-ring (bicyclic) bond motifs is 1. The molecule has 1 saturated heterocycles. The molecule has 7 heteroatoms. The number of nitrogens with zero attached hydrogens (tertiary/aromatic N) is 3. The number of halogens is 1. The topological polar surface area (TPSA) is 43.9 Å². The second-order valence-corrected chi connectivity index (χ2v) is 10.2. The lowest BCUT2D eigenvalue weighted by Gasteiger charge is -2.39. The lowest BCUT2D eigenvalue weighted by atomic mass is 9.93. The highest BCUT2D eigenvalue weighted by Gasteiger charge is 2.33. The second kappa shape index (κ2) is 10.3. The van der Waals surface area contributed by atoms with Crippen LogP contribution in [0.4, 0.5) is 4.39 Å². The van der Waals surface area contributed by atoms with Crippen molar-refractivity contribution in [3.63, 3.8) is 0 Å². The number of thiophene rings is 1. The first-order valence-electron chi connectivity index (χ1n) is 12.2. The van der Waals surface area contributed by atoms with Crippen LogP contribution in [0, 0.1) is 5.82 Å². The molecule has 35 heavy (non-hydrogen) atoms. The molecule has 0 N–H and O–H groups in total. The van der Waals surface area contributed by atoms with E-state index in [-0.39, 0.29) is 30.2 Å². The van der Waals surface area contributed by atoms with Crippen LogP contribution in [0.15, 0.2) is 60.0 Å². The van der Waals surface area contributed by atoms with Crippen molar-refractivity contribution in [3.8, 4) is 0 Å². The molecule has 0 saturated carbocycles. The Hall–Kier alpha value is -3.03. The fourth-order valence-corrected chi connectivity index (χ4v) is 6.01. The third kappa shape index (κ3) is 5.02. The van der Waals surface area contributed by atoms with Crippen molar-refractivity contribution in [1.29, 1.82) is 0 Å². The maximum atomic E-state index is 14.0. The molecule has 0 bridgehead atoms. The van der Waals surface area contributed by atoms with Crippen LogP contribution in [-0.4, -0.2) is 65.8 Å². The van der Waals surface area contributed by atoms with Crippen LogP contribution in [0.5, 0.6) is 0 Å². The minimum Gasteiger partial charge on any atom is -0.338 e. The van der Waals surface area contributed by atoms with Crippen LogP contribution in [0.2, 0.25) is 0 Å². The summed E-state index contributed by atoms with van der Waals surface area (Å²) in [6.07, 6.45) is 1.84. The normalized spacial score (nSPS) is 18.4. The van der Waals surface area contributed by atoms with Crippen molar-refractivity contribution in [1.82, 2.24) is 14.7 Å². The largest absolute Gasteiger partial charge is 0.338 e. The van der Waals surface area contributed by atoms with Crippen LogP contribution in [0.3, 0.4) is 0 Å². The summed E-state index contributed by atoms with van der Waals surface area (Å²) in [6, 6.07) is 16.5. The van der Waals surface area contributed by atoms with E-state index in [2.05, 4.69) is 23.3 Å². The predicted molar refractivity (Wildman–Crippen MR) is 136 cm³/mol. The van der Waals surface area contributed by atoms with E-state index in [0.29, 0.717) is 31.7 Å². The highest BCUT2D eigenvalue weighted by molar-refractivity contribution is 7.10. The molecule has 2 aromatic carbocycles. The molecular formula is C28H30FN3O2S. The zero-order valence-corrected chi connectivity index (χ0v) is 20.8. The molecule has 0 spiro atoms. The van der Waals surface area contributed by atoms with E-state index < -0.39 is 0 Å². The Labute approximate surface area is 209 Å². The Balaban J connectivity index is 1.24. The highest BCUT2D eigenvalue weighted by Crippen LogP contribution is 2.37. The van der Waals surface area contributed by atoms with Gasteiger partial charge in [-0.05, 0) is 65.2 Å². The fraction of sp³-hybridized carbons (Fsp3) is 0.357. The summed E-state index contributed by atoms with van der Waals surface area (Å²) in [7, 11) is 0. The van der Waals surface area contributed by atoms with E-state index in [0.717, 1.165) is 24.9 Å². The zero-order chi connectivity index (χ0) is 24.4. The van der Waals surface area contributed by atoms with Gasteiger partial charge in [0.25, 0.3) is 5.91 Å². The molecule has 5 nitrogen and oxygen atoms in total. The monoisotopic (exact) mass is 491 g/mol. The molecule has 2 aliphatic heterocycles. The lowest BCUT2D eigenvalue weighted by Crippen LogP contribution is -2.53. The number of hydrogen-bond donors (Lipinski definition) is 0. The van der Waals surface area contributed by atoms with Gasteiger partial charge in [-0.2, -0.15) is 0 Å². The number of hydrogen-bond acceptors (Lipinski definition) is 4. The summed E-state index contributed by atoms with van der Waals surface area (Å²) in [6.45, 7) is 5.25. The quantitative estimate of drug-likeness (QED) is 0.532. The summed E-state index contributed by atoms with van der Waals surface area (Å²) < 4.78 is 14.0. The first-order valence-corrected chi connectivity index (χ1v) is 13.1. The summed E-state index contributed by atoms with van der Waals surface area (Å²) >= 11 is 1.73. The minimum absolute atomic E-state index is 0.0203. The van der Waals surface area contributed by atoms with E-state index in [1.54, 1.807) is 23.5 Å². The molecule has 0 radical (unpaired) electrons. The van der Waals surface area contributed by atoms with Gasteiger partial charge in [0.2, 0.25) is 5.91 Å². The van der Waals surface area contributed by atoms with E-state index in [1.807, 2.05) is 40.1 Å². The maximum Gasteiger partial charge on any atom is 0.253 e. The van der Waals surface area contributed by atoms with Crippen molar-refractivity contribution in [2.75, 3.05) is 39.3 Å². The van der Waals surface area contributed by atoms with Gasteiger partial charge in [-0.15, -0.1) is 11.3 Å². The summed E-state index contributed by atoms with van der Waals surface area (Å²) in [5, 5.41) is 2.08. The van der Waals surface area contributed by atoms with Crippen LogP contribution < -0.4 is 0 Å². The Kier molecular flexibility index (Phi) is 6.97. The Morgan fingerprint density at radius 1 is 0.971 bits per heavy atom. The molecule has 1 unspecified atom stereocenters. The smallest absolute Gasteiger partial charge is 0.253 e. The van der Waals surface area contributed by atoms with Gasteiger partial charge in [0.05, 0.1) is 12.6 Å². The number of rotatable bonds is 5. The molecule has 3 aromatic rings. The number of carbonyl (C=O) groups is 2. The average molecular weight is 492 g/mol.